The van der Waals surface area contributed by atoms with Crippen molar-refractivity contribution in [3.05, 3.63) is 53.4 Å². The highest BCUT2D eigenvalue weighted by molar-refractivity contribution is 5.95. The summed E-state index contributed by atoms with van der Waals surface area (Å²) in [4.78, 5) is 34.9. The van der Waals surface area contributed by atoms with Crippen LogP contribution in [0.2, 0.25) is 0 Å². The number of pyridine rings is 1. The second kappa shape index (κ2) is 18.7. The predicted octanol–water partition coefficient (Wildman–Crippen LogP) is 7.16. The van der Waals surface area contributed by atoms with Crippen molar-refractivity contribution in [1.82, 2.24) is 30.2 Å². The molecule has 0 radical (unpaired) electrons. The molecule has 3 aromatic rings. The summed E-state index contributed by atoms with van der Waals surface area (Å²) < 4.78 is 7.94. The van der Waals surface area contributed by atoms with Crippen LogP contribution in [0.1, 0.15) is 109 Å². The van der Waals surface area contributed by atoms with E-state index < -0.39 is 0 Å². The summed E-state index contributed by atoms with van der Waals surface area (Å²) in [6.07, 6.45) is 15.6. The van der Waals surface area contributed by atoms with Crippen LogP contribution in [0, 0.1) is 5.41 Å². The standard InChI is InChI=1S/C44H65N7O3/c1-6-51-41-17-16-34(35-14-13-20-48(28-35)19-11-8-7-10-18-46-47-31-52)24-38(41)40(26-44(4,5)30-54-32-53)43(51)39-25-37(27-45-42(39)33(2)3)50-23-22-49-21-12-9-15-36(49)29-50/h14,16-17,24-25,27,31-33,36,46H,6-13,15,18-23,26,28-30H2,1-5H3,(H,47,52). The van der Waals surface area contributed by atoms with E-state index in [2.05, 4.69) is 101 Å². The van der Waals surface area contributed by atoms with Gasteiger partial charge in [-0.15, -0.1) is 0 Å². The molecule has 5 heterocycles. The number of hydrogen-bond acceptors (Lipinski definition) is 8. The average Bonchev–Trinajstić information content (AvgIpc) is 3.49. The van der Waals surface area contributed by atoms with Gasteiger partial charge in [0.15, 0.2) is 0 Å². The average molecular weight is 740 g/mol. The van der Waals surface area contributed by atoms with Crippen LogP contribution >= 0.6 is 0 Å². The predicted molar refractivity (Wildman–Crippen MR) is 221 cm³/mol. The first-order valence-electron chi connectivity index (χ1n) is 20.8. The largest absolute Gasteiger partial charge is 0.467 e. The van der Waals surface area contributed by atoms with Crippen LogP contribution < -0.4 is 15.8 Å². The minimum Gasteiger partial charge on any atom is -0.467 e. The SMILES string of the molecule is CCn1c(-c2cc(N3CCN4CCCCC4C3)cnc2C(C)C)c(CC(C)(C)COC=O)c2cc(C3=CCCN(CCCCCCNNC=O)C3)ccc21. The van der Waals surface area contributed by atoms with E-state index >= 15 is 0 Å². The van der Waals surface area contributed by atoms with Gasteiger partial charge in [0.05, 0.1) is 29.9 Å². The molecule has 294 valence electrons. The molecule has 3 aliphatic rings. The monoisotopic (exact) mass is 740 g/mol. The van der Waals surface area contributed by atoms with Gasteiger partial charge in [0.2, 0.25) is 6.41 Å². The first kappa shape index (κ1) is 39.9. The number of ether oxygens (including phenoxy) is 1. The van der Waals surface area contributed by atoms with E-state index in [1.54, 1.807) is 0 Å². The number of nitrogens with zero attached hydrogens (tertiary/aromatic N) is 5. The van der Waals surface area contributed by atoms with Crippen LogP contribution in [0.5, 0.6) is 0 Å². The number of aryl methyl sites for hydroxylation is 1. The Morgan fingerprint density at radius 3 is 2.69 bits per heavy atom. The summed E-state index contributed by atoms with van der Waals surface area (Å²) in [7, 11) is 0. The fraction of sp³-hybridized carbons (Fsp3) is 0.614. The van der Waals surface area contributed by atoms with Gasteiger partial charge in [0, 0.05) is 73.7 Å². The third kappa shape index (κ3) is 9.55. The quantitative estimate of drug-likeness (QED) is 0.0761. The summed E-state index contributed by atoms with van der Waals surface area (Å²) in [6, 6.07) is 10.2. The van der Waals surface area contributed by atoms with Gasteiger partial charge >= 0.3 is 0 Å². The van der Waals surface area contributed by atoms with Gasteiger partial charge in [-0.05, 0) is 99.4 Å². The van der Waals surface area contributed by atoms with Crippen LogP contribution in [0.15, 0.2) is 36.5 Å². The molecule has 3 aliphatic heterocycles. The Labute approximate surface area is 323 Å². The third-order valence-corrected chi connectivity index (χ3v) is 11.9. The number of aromatic nitrogens is 2. The molecule has 1 unspecified atom stereocenters. The molecule has 0 saturated carbocycles. The summed E-state index contributed by atoms with van der Waals surface area (Å²) in [5, 5.41) is 1.29. The highest BCUT2D eigenvalue weighted by Gasteiger charge is 2.32. The maximum Gasteiger partial charge on any atom is 0.293 e. The van der Waals surface area contributed by atoms with E-state index in [0.717, 1.165) is 83.7 Å². The van der Waals surface area contributed by atoms with E-state index in [9.17, 15) is 9.59 Å². The molecule has 2 N–H and O–H groups in total. The lowest BCUT2D eigenvalue weighted by molar-refractivity contribution is -0.131. The summed E-state index contributed by atoms with van der Waals surface area (Å²) in [5.74, 6) is 0.261. The molecule has 2 saturated heterocycles. The Kier molecular flexibility index (Phi) is 13.9. The van der Waals surface area contributed by atoms with Crippen molar-refractivity contribution < 1.29 is 14.3 Å². The van der Waals surface area contributed by atoms with Gasteiger partial charge in [-0.3, -0.25) is 29.8 Å². The molecular weight excluding hydrogens is 675 g/mol. The maximum atomic E-state index is 11.4. The number of rotatable bonds is 19. The van der Waals surface area contributed by atoms with Crippen molar-refractivity contribution >= 4 is 35.0 Å². The molecular formula is C44H65N7O3. The summed E-state index contributed by atoms with van der Waals surface area (Å²) in [5.41, 5.74) is 15.3. The molecule has 1 atom stereocenters. The van der Waals surface area contributed by atoms with Crippen molar-refractivity contribution in [2.45, 2.75) is 111 Å². The van der Waals surface area contributed by atoms with E-state index in [-0.39, 0.29) is 11.3 Å². The lowest BCUT2D eigenvalue weighted by atomic mass is 9.83. The Morgan fingerprint density at radius 1 is 1.04 bits per heavy atom. The van der Waals surface area contributed by atoms with E-state index in [1.807, 2.05) is 0 Å². The molecule has 6 rings (SSSR count). The number of benzene rings is 1. The zero-order valence-corrected chi connectivity index (χ0v) is 33.7. The molecule has 0 aliphatic carbocycles. The zero-order chi connectivity index (χ0) is 38.1. The van der Waals surface area contributed by atoms with Gasteiger partial charge < -0.3 is 14.2 Å². The van der Waals surface area contributed by atoms with E-state index in [4.69, 9.17) is 9.72 Å². The smallest absolute Gasteiger partial charge is 0.293 e. The molecule has 1 amide bonds. The number of carbonyl (C=O) groups excluding carboxylic acids is 2. The highest BCUT2D eigenvalue weighted by Crippen LogP contribution is 2.43. The summed E-state index contributed by atoms with van der Waals surface area (Å²) in [6.45, 7) is 21.4. The normalized spacial score (nSPS) is 18.5. The Bertz CT molecular complexity index is 1750. The van der Waals surface area contributed by atoms with Gasteiger partial charge in [-0.25, -0.2) is 5.43 Å². The number of piperidine rings is 1. The number of unbranched alkanes of at least 4 members (excludes halogenated alkanes) is 3. The van der Waals surface area contributed by atoms with E-state index in [0.29, 0.717) is 25.5 Å². The minimum absolute atomic E-state index is 0.261. The number of amides is 1. The zero-order valence-electron chi connectivity index (χ0n) is 33.7. The topological polar surface area (TPSA) is 95.0 Å². The number of piperazine rings is 1. The molecule has 10 heteroatoms. The van der Waals surface area contributed by atoms with Crippen molar-refractivity contribution in [3.8, 4) is 11.3 Å². The van der Waals surface area contributed by atoms with Gasteiger partial charge in [-0.2, -0.15) is 0 Å². The number of hydrazine groups is 1. The van der Waals surface area contributed by atoms with Crippen molar-refractivity contribution in [2.24, 2.45) is 5.41 Å². The highest BCUT2D eigenvalue weighted by atomic mass is 16.5. The first-order valence-corrected chi connectivity index (χ1v) is 20.8. The van der Waals surface area contributed by atoms with Crippen LogP contribution in [-0.2, 0) is 27.3 Å². The van der Waals surface area contributed by atoms with Gasteiger partial charge in [-0.1, -0.05) is 59.1 Å². The molecule has 0 bridgehead atoms. The molecule has 1 aromatic carbocycles. The molecule has 10 nitrogen and oxygen atoms in total. The molecule has 54 heavy (non-hydrogen) atoms. The Hall–Kier alpha value is -3.73. The van der Waals surface area contributed by atoms with Crippen molar-refractivity contribution in [1.29, 1.82) is 0 Å². The molecule has 0 spiro atoms. The van der Waals surface area contributed by atoms with Crippen LogP contribution in [0.4, 0.5) is 5.69 Å². The van der Waals surface area contributed by atoms with E-state index in [1.165, 1.54) is 83.2 Å². The Morgan fingerprint density at radius 2 is 1.89 bits per heavy atom. The van der Waals surface area contributed by atoms with Crippen LogP contribution in [0.25, 0.3) is 27.7 Å². The fourth-order valence-corrected chi connectivity index (χ4v) is 9.13. The number of nitrogens with one attached hydrogen (secondary N) is 2. The first-order chi connectivity index (χ1) is 26.2. The minimum atomic E-state index is -0.263. The summed E-state index contributed by atoms with van der Waals surface area (Å²) >= 11 is 0. The molecule has 2 fully saturated rings. The maximum absolute atomic E-state index is 11.4. The lowest BCUT2D eigenvalue weighted by Crippen LogP contribution is -2.54. The van der Waals surface area contributed by atoms with Crippen molar-refractivity contribution in [2.75, 3.05) is 63.9 Å². The fourth-order valence-electron chi connectivity index (χ4n) is 9.13. The molecule has 2 aromatic heterocycles. The number of fused-ring (bicyclic) bond motifs is 2. The number of hydrogen-bond donors (Lipinski definition) is 2. The van der Waals surface area contributed by atoms with Crippen LogP contribution in [0.3, 0.4) is 0 Å². The number of carbonyl (C=O) groups is 2. The Balaban J connectivity index is 1.34. The van der Waals surface area contributed by atoms with Gasteiger partial charge in [0.25, 0.3) is 6.47 Å². The van der Waals surface area contributed by atoms with Crippen LogP contribution in [-0.4, -0.2) is 97.2 Å². The lowest BCUT2D eigenvalue weighted by Gasteiger charge is -2.45. The second-order valence-corrected chi connectivity index (χ2v) is 16.9. The second-order valence-electron chi connectivity index (χ2n) is 16.9. The number of anilines is 1. The van der Waals surface area contributed by atoms with Gasteiger partial charge in [0.1, 0.15) is 0 Å². The van der Waals surface area contributed by atoms with Crippen molar-refractivity contribution in [3.63, 3.8) is 0 Å². The third-order valence-electron chi connectivity index (χ3n) is 11.9.